The number of amides is 1. The maximum Gasteiger partial charge on any atom is 0.296 e. The zero-order valence-corrected chi connectivity index (χ0v) is 11.7. The lowest BCUT2D eigenvalue weighted by Crippen LogP contribution is -2.37. The molecule has 112 valence electrons. The van der Waals surface area contributed by atoms with Crippen LogP contribution in [-0.4, -0.2) is 49.2 Å². The van der Waals surface area contributed by atoms with Crippen LogP contribution in [-0.2, 0) is 9.53 Å². The second-order valence-electron chi connectivity index (χ2n) is 5.29. The van der Waals surface area contributed by atoms with Gasteiger partial charge >= 0.3 is 0 Å². The number of ketones is 1. The fourth-order valence-electron chi connectivity index (χ4n) is 2.83. The molecular formula is C15H18N2O4. The molecular weight excluding hydrogens is 272 g/mol. The first kappa shape index (κ1) is 14.0. The van der Waals surface area contributed by atoms with Crippen molar-refractivity contribution in [2.45, 2.75) is 18.9 Å². The summed E-state index contributed by atoms with van der Waals surface area (Å²) in [5.41, 5.74) is 2.05. The summed E-state index contributed by atoms with van der Waals surface area (Å²) >= 11 is 0. The topological polar surface area (TPSA) is 78.9 Å². The van der Waals surface area contributed by atoms with E-state index in [4.69, 9.17) is 9.84 Å². The third-order valence-electron chi connectivity index (χ3n) is 3.95. The Morgan fingerprint density at radius 3 is 2.76 bits per heavy atom. The minimum absolute atomic E-state index is 0.0543. The first-order valence-corrected chi connectivity index (χ1v) is 7.16. The first-order valence-electron chi connectivity index (χ1n) is 7.16. The number of aliphatic hydroxyl groups excluding tert-OH is 1. The summed E-state index contributed by atoms with van der Waals surface area (Å²) in [6.45, 7) is 2.16. The average Bonchev–Trinajstić information content (AvgIpc) is 2.80. The summed E-state index contributed by atoms with van der Waals surface area (Å²) in [4.78, 5) is 25.1. The lowest BCUT2D eigenvalue weighted by molar-refractivity contribution is -0.112. The van der Waals surface area contributed by atoms with Crippen molar-refractivity contribution in [3.05, 3.63) is 23.8 Å². The summed E-state index contributed by atoms with van der Waals surface area (Å²) in [7, 11) is 0. The number of Topliss-reactive ketones (excluding diaryl/α,β-unsaturated/α-hetero) is 1. The van der Waals surface area contributed by atoms with Gasteiger partial charge in [0.25, 0.3) is 11.7 Å². The molecule has 1 aromatic carbocycles. The lowest BCUT2D eigenvalue weighted by Gasteiger charge is -2.33. The molecule has 0 aliphatic carbocycles. The zero-order chi connectivity index (χ0) is 14.8. The van der Waals surface area contributed by atoms with Gasteiger partial charge in [0.1, 0.15) is 0 Å². The summed E-state index contributed by atoms with van der Waals surface area (Å²) in [5, 5.41) is 11.4. The number of anilines is 2. The predicted molar refractivity (Wildman–Crippen MR) is 77.7 cm³/mol. The highest BCUT2D eigenvalue weighted by Gasteiger charge is 2.29. The average molecular weight is 290 g/mol. The van der Waals surface area contributed by atoms with Crippen molar-refractivity contribution in [1.82, 2.24) is 0 Å². The van der Waals surface area contributed by atoms with Gasteiger partial charge in [-0.1, -0.05) is 0 Å². The summed E-state index contributed by atoms with van der Waals surface area (Å²) < 4.78 is 5.54. The van der Waals surface area contributed by atoms with Gasteiger partial charge in [0.2, 0.25) is 0 Å². The van der Waals surface area contributed by atoms with Gasteiger partial charge in [-0.25, -0.2) is 0 Å². The van der Waals surface area contributed by atoms with E-state index in [9.17, 15) is 9.59 Å². The molecule has 1 saturated heterocycles. The lowest BCUT2D eigenvalue weighted by atomic mass is 10.1. The van der Waals surface area contributed by atoms with E-state index in [2.05, 4.69) is 10.2 Å². The van der Waals surface area contributed by atoms with Crippen LogP contribution in [0.3, 0.4) is 0 Å². The van der Waals surface area contributed by atoms with Crippen molar-refractivity contribution in [3.63, 3.8) is 0 Å². The fourth-order valence-corrected chi connectivity index (χ4v) is 2.83. The normalized spacial score (nSPS) is 18.8. The van der Waals surface area contributed by atoms with E-state index >= 15 is 0 Å². The number of ether oxygens (including phenoxy) is 1. The van der Waals surface area contributed by atoms with E-state index in [0.29, 0.717) is 17.9 Å². The molecule has 0 unspecified atom stereocenters. The number of rotatable bonds is 4. The van der Waals surface area contributed by atoms with E-state index < -0.39 is 11.7 Å². The quantitative estimate of drug-likeness (QED) is 0.802. The predicted octanol–water partition coefficient (Wildman–Crippen LogP) is 0.799. The molecule has 2 aliphatic rings. The Labute approximate surface area is 122 Å². The van der Waals surface area contributed by atoms with Crippen LogP contribution < -0.4 is 10.2 Å². The minimum atomic E-state index is -0.557. The smallest absolute Gasteiger partial charge is 0.296 e. The Kier molecular flexibility index (Phi) is 3.90. The zero-order valence-electron chi connectivity index (χ0n) is 11.7. The number of aliphatic hydroxyl groups is 1. The largest absolute Gasteiger partial charge is 0.394 e. The van der Waals surface area contributed by atoms with Crippen LogP contribution in [0.4, 0.5) is 11.4 Å². The molecule has 0 spiro atoms. The molecule has 6 heteroatoms. The second kappa shape index (κ2) is 5.83. The van der Waals surface area contributed by atoms with Gasteiger partial charge in [-0.05, 0) is 31.0 Å². The molecule has 1 amide bonds. The van der Waals surface area contributed by atoms with Crippen LogP contribution in [0.1, 0.15) is 23.2 Å². The molecule has 2 N–H and O–H groups in total. The van der Waals surface area contributed by atoms with Gasteiger partial charge in [-0.3, -0.25) is 9.59 Å². The number of benzene rings is 1. The Hall–Kier alpha value is -1.92. The molecule has 6 nitrogen and oxygen atoms in total. The maximum atomic E-state index is 11.6. The Bertz CT molecular complexity index is 565. The molecule has 1 aromatic rings. The number of piperidine rings is 1. The van der Waals surface area contributed by atoms with E-state index in [1.54, 1.807) is 6.07 Å². The monoisotopic (exact) mass is 290 g/mol. The standard InChI is InChI=1S/C15H18N2O4/c18-7-8-21-11-3-5-17(6-4-11)10-1-2-12-13(9-10)16-15(20)14(12)19/h1-2,9,11,18H,3-8H2,(H,16,19,20). The summed E-state index contributed by atoms with van der Waals surface area (Å²) in [6, 6.07) is 5.44. The maximum absolute atomic E-state index is 11.6. The van der Waals surface area contributed by atoms with Crippen molar-refractivity contribution in [2.24, 2.45) is 0 Å². The van der Waals surface area contributed by atoms with E-state index in [-0.39, 0.29) is 12.7 Å². The van der Waals surface area contributed by atoms with E-state index in [1.807, 2.05) is 12.1 Å². The van der Waals surface area contributed by atoms with Crippen molar-refractivity contribution in [3.8, 4) is 0 Å². The molecule has 21 heavy (non-hydrogen) atoms. The number of fused-ring (bicyclic) bond motifs is 1. The van der Waals surface area contributed by atoms with E-state index in [1.165, 1.54) is 0 Å². The molecule has 2 heterocycles. The molecule has 0 saturated carbocycles. The van der Waals surface area contributed by atoms with Gasteiger partial charge in [0.15, 0.2) is 0 Å². The number of hydrogen-bond acceptors (Lipinski definition) is 5. The molecule has 0 aromatic heterocycles. The van der Waals surface area contributed by atoms with E-state index in [0.717, 1.165) is 31.6 Å². The van der Waals surface area contributed by atoms with Gasteiger partial charge in [0.05, 0.1) is 30.6 Å². The molecule has 0 bridgehead atoms. The van der Waals surface area contributed by atoms with Crippen molar-refractivity contribution >= 4 is 23.1 Å². The van der Waals surface area contributed by atoms with Crippen LogP contribution in [0.15, 0.2) is 18.2 Å². The number of carbonyl (C=O) groups is 2. The summed E-state index contributed by atoms with van der Waals surface area (Å²) in [5.74, 6) is -1.02. The highest BCUT2D eigenvalue weighted by atomic mass is 16.5. The molecule has 1 fully saturated rings. The Morgan fingerprint density at radius 2 is 2.05 bits per heavy atom. The molecule has 0 radical (unpaired) electrons. The molecule has 3 rings (SSSR count). The van der Waals surface area contributed by atoms with Gasteiger partial charge in [-0.15, -0.1) is 0 Å². The SMILES string of the molecule is O=C1Nc2cc(N3CCC(OCCO)CC3)ccc2C1=O. The Balaban J connectivity index is 1.66. The fraction of sp³-hybridized carbons (Fsp3) is 0.467. The minimum Gasteiger partial charge on any atom is -0.394 e. The third-order valence-corrected chi connectivity index (χ3v) is 3.95. The molecule has 0 atom stereocenters. The highest BCUT2D eigenvalue weighted by molar-refractivity contribution is 6.51. The van der Waals surface area contributed by atoms with Crippen LogP contribution in [0.2, 0.25) is 0 Å². The van der Waals surface area contributed by atoms with Crippen molar-refractivity contribution < 1.29 is 19.4 Å². The van der Waals surface area contributed by atoms with Gasteiger partial charge in [-0.2, -0.15) is 0 Å². The van der Waals surface area contributed by atoms with Crippen LogP contribution in [0.5, 0.6) is 0 Å². The first-order chi connectivity index (χ1) is 10.2. The highest BCUT2D eigenvalue weighted by Crippen LogP contribution is 2.30. The third kappa shape index (κ3) is 2.77. The number of nitrogens with one attached hydrogen (secondary N) is 1. The Morgan fingerprint density at radius 1 is 1.29 bits per heavy atom. The second-order valence-corrected chi connectivity index (χ2v) is 5.29. The van der Waals surface area contributed by atoms with Crippen molar-refractivity contribution in [2.75, 3.05) is 36.5 Å². The van der Waals surface area contributed by atoms with Crippen LogP contribution in [0.25, 0.3) is 0 Å². The molecule has 2 aliphatic heterocycles. The van der Waals surface area contributed by atoms with Crippen molar-refractivity contribution in [1.29, 1.82) is 0 Å². The number of hydrogen-bond donors (Lipinski definition) is 2. The summed E-state index contributed by atoms with van der Waals surface area (Å²) in [6.07, 6.45) is 2.01. The van der Waals surface area contributed by atoms with Gasteiger partial charge < -0.3 is 20.1 Å². The van der Waals surface area contributed by atoms with Gasteiger partial charge in [0, 0.05) is 18.8 Å². The van der Waals surface area contributed by atoms with Crippen LogP contribution >= 0.6 is 0 Å². The number of carbonyl (C=O) groups excluding carboxylic acids is 2. The van der Waals surface area contributed by atoms with Crippen LogP contribution in [0, 0.1) is 0 Å². The number of nitrogens with zero attached hydrogens (tertiary/aromatic N) is 1.